The van der Waals surface area contributed by atoms with E-state index in [1.54, 1.807) is 0 Å². The highest BCUT2D eigenvalue weighted by atomic mass is 16.6. The lowest BCUT2D eigenvalue weighted by atomic mass is 9.29. The van der Waals surface area contributed by atoms with Crippen LogP contribution in [0.25, 0.3) is 0 Å². The largest absolute Gasteiger partial charge is 0.465 e. The summed E-state index contributed by atoms with van der Waals surface area (Å²) in [7, 11) is 0. The van der Waals surface area contributed by atoms with Crippen LogP contribution in [0.4, 0.5) is 0 Å². The Kier molecular flexibility index (Phi) is 6.76. The summed E-state index contributed by atoms with van der Waals surface area (Å²) in [6.45, 7) is 20.4. The van der Waals surface area contributed by atoms with Crippen LogP contribution in [0.1, 0.15) is 127 Å². The zero-order valence-electron chi connectivity index (χ0n) is 26.2. The number of carbonyl (C=O) groups is 3. The molecule has 10 atom stereocenters. The molecule has 0 amide bonds. The number of ether oxygens (including phenoxy) is 2. The van der Waals surface area contributed by atoms with Gasteiger partial charge in [0.1, 0.15) is 18.5 Å². The first kappa shape index (κ1) is 29.1. The van der Waals surface area contributed by atoms with Gasteiger partial charge in [0.05, 0.1) is 0 Å². The lowest BCUT2D eigenvalue weighted by Gasteiger charge is -2.75. The fourth-order valence-corrected chi connectivity index (χ4v) is 11.9. The summed E-state index contributed by atoms with van der Waals surface area (Å²) < 4.78 is 12.2. The van der Waals surface area contributed by atoms with Crippen molar-refractivity contribution < 1.29 is 23.9 Å². The Morgan fingerprint density at radius 3 is 2.10 bits per heavy atom. The van der Waals surface area contributed by atoms with E-state index in [0.29, 0.717) is 30.1 Å². The molecule has 0 unspecified atom stereocenters. The van der Waals surface area contributed by atoms with Gasteiger partial charge in [-0.05, 0) is 103 Å². The van der Waals surface area contributed by atoms with Crippen LogP contribution in [0.15, 0.2) is 0 Å². The normalized spacial score (nSPS) is 50.5. The Balaban J connectivity index is 1.62. The summed E-state index contributed by atoms with van der Waals surface area (Å²) in [6.07, 6.45) is 9.90. The number of rotatable bonds is 3. The molecule has 0 aromatic rings. The van der Waals surface area contributed by atoms with E-state index < -0.39 is 0 Å². The van der Waals surface area contributed by atoms with E-state index in [0.717, 1.165) is 57.8 Å². The monoisotopic (exact) mass is 542 g/mol. The van der Waals surface area contributed by atoms with Gasteiger partial charge in [0.2, 0.25) is 0 Å². The lowest BCUT2D eigenvalue weighted by Crippen LogP contribution is -2.71. The summed E-state index contributed by atoms with van der Waals surface area (Å²) in [5.74, 6) is 1.46. The number of Topliss-reactive ketones (excluding diaryl/α,β-unsaturated/α-hetero) is 1. The molecule has 5 aliphatic carbocycles. The molecule has 5 rings (SSSR count). The Labute approximate surface area is 236 Å². The van der Waals surface area contributed by atoms with Crippen molar-refractivity contribution in [1.29, 1.82) is 0 Å². The van der Waals surface area contributed by atoms with Crippen molar-refractivity contribution in [2.24, 2.45) is 56.2 Å². The SMILES string of the molecule is CC(=O)OC[C@]12CCC(C)(C)C[C@H]1[C@]1(C)CC[C@@]3(C)[C@@H]4CCC(=O)[C@H](C)[C@@]4(C)CC[C@@H]3[C@@]1(C)C[C@H]2OC(C)=O. The number of fused-ring (bicyclic) bond motifs is 7. The Bertz CT molecular complexity index is 1050. The first-order chi connectivity index (χ1) is 18.0. The molecule has 0 N–H and O–H groups in total. The summed E-state index contributed by atoms with van der Waals surface area (Å²) in [6, 6.07) is 0. The van der Waals surface area contributed by atoms with Crippen LogP contribution < -0.4 is 0 Å². The van der Waals surface area contributed by atoms with Crippen LogP contribution in [0.2, 0.25) is 0 Å². The average Bonchev–Trinajstić information content (AvgIpc) is 2.83. The van der Waals surface area contributed by atoms with Gasteiger partial charge in [-0.1, -0.05) is 48.5 Å². The topological polar surface area (TPSA) is 69.7 Å². The van der Waals surface area contributed by atoms with E-state index >= 15 is 0 Å². The van der Waals surface area contributed by atoms with E-state index in [1.165, 1.54) is 20.3 Å². The maximum absolute atomic E-state index is 12.9. The second-order valence-corrected chi connectivity index (χ2v) is 16.5. The highest BCUT2D eigenvalue weighted by Gasteiger charge is 2.74. The van der Waals surface area contributed by atoms with Crippen molar-refractivity contribution in [3.05, 3.63) is 0 Å². The summed E-state index contributed by atoms with van der Waals surface area (Å²) in [5, 5.41) is 0. The quantitative estimate of drug-likeness (QED) is 0.345. The molecule has 5 saturated carbocycles. The third-order valence-corrected chi connectivity index (χ3v) is 14.4. The molecule has 0 aliphatic heterocycles. The second-order valence-electron chi connectivity index (χ2n) is 16.5. The molecule has 0 bridgehead atoms. The smallest absolute Gasteiger partial charge is 0.302 e. The molecule has 0 spiro atoms. The number of carbonyl (C=O) groups excluding carboxylic acids is 3. The average molecular weight is 543 g/mol. The first-order valence-electron chi connectivity index (χ1n) is 15.8. The zero-order chi connectivity index (χ0) is 28.8. The molecule has 5 nitrogen and oxygen atoms in total. The van der Waals surface area contributed by atoms with Crippen LogP contribution in [-0.2, 0) is 23.9 Å². The standard InChI is InChI=1S/C34H54O5/c1-21-24(37)10-11-25-30(21,6)13-12-26-31(25,7)15-16-32(8)27-18-29(4,5)14-17-34(27,20-38-22(2)35)28(39-23(3)36)19-33(26,32)9/h21,25-28H,10-20H2,1-9H3/t21-,25+,26-,27-,28+,30+,31-,32-,33+,34+/m0/s1. The molecule has 5 fully saturated rings. The molecule has 0 saturated heterocycles. The molecule has 5 aliphatic rings. The first-order valence-corrected chi connectivity index (χ1v) is 15.8. The highest BCUT2D eigenvalue weighted by Crippen LogP contribution is 2.78. The number of esters is 2. The predicted octanol–water partition coefficient (Wildman–Crippen LogP) is 7.54. The lowest BCUT2D eigenvalue weighted by molar-refractivity contribution is -0.292. The maximum Gasteiger partial charge on any atom is 0.302 e. The summed E-state index contributed by atoms with van der Waals surface area (Å²) >= 11 is 0. The Morgan fingerprint density at radius 1 is 0.769 bits per heavy atom. The van der Waals surface area contributed by atoms with Crippen molar-refractivity contribution in [2.75, 3.05) is 6.61 Å². The molecule has 220 valence electrons. The minimum Gasteiger partial charge on any atom is -0.465 e. The number of hydrogen-bond acceptors (Lipinski definition) is 5. The highest BCUT2D eigenvalue weighted by molar-refractivity contribution is 5.82. The van der Waals surface area contributed by atoms with Crippen LogP contribution in [0, 0.1) is 56.2 Å². The van der Waals surface area contributed by atoms with Gasteiger partial charge >= 0.3 is 11.9 Å². The summed E-state index contributed by atoms with van der Waals surface area (Å²) in [5.41, 5.74) is 0.123. The third kappa shape index (κ3) is 4.01. The van der Waals surface area contributed by atoms with E-state index in [2.05, 4.69) is 48.5 Å². The zero-order valence-corrected chi connectivity index (χ0v) is 26.2. The van der Waals surface area contributed by atoms with Gasteiger partial charge in [-0.15, -0.1) is 0 Å². The summed E-state index contributed by atoms with van der Waals surface area (Å²) in [4.78, 5) is 37.6. The van der Waals surface area contributed by atoms with Crippen LogP contribution in [0.5, 0.6) is 0 Å². The van der Waals surface area contributed by atoms with Crippen LogP contribution in [0.3, 0.4) is 0 Å². The van der Waals surface area contributed by atoms with Gasteiger partial charge in [0.25, 0.3) is 0 Å². The van der Waals surface area contributed by atoms with E-state index in [9.17, 15) is 14.4 Å². The van der Waals surface area contributed by atoms with Gasteiger partial charge < -0.3 is 9.47 Å². The van der Waals surface area contributed by atoms with Crippen molar-refractivity contribution in [3.8, 4) is 0 Å². The second kappa shape index (κ2) is 9.05. The molecule has 0 heterocycles. The maximum atomic E-state index is 12.9. The Hall–Kier alpha value is -1.39. The van der Waals surface area contributed by atoms with Crippen molar-refractivity contribution in [2.45, 2.75) is 133 Å². The van der Waals surface area contributed by atoms with Crippen molar-refractivity contribution in [3.63, 3.8) is 0 Å². The minimum atomic E-state index is -0.343. The molecule has 0 radical (unpaired) electrons. The Morgan fingerprint density at radius 2 is 1.46 bits per heavy atom. The minimum absolute atomic E-state index is 0.00997. The predicted molar refractivity (Wildman–Crippen MR) is 152 cm³/mol. The molecule has 0 aromatic heterocycles. The molecular formula is C34H54O5. The molecular weight excluding hydrogens is 488 g/mol. The van der Waals surface area contributed by atoms with Crippen LogP contribution in [-0.4, -0.2) is 30.4 Å². The van der Waals surface area contributed by atoms with Gasteiger partial charge in [0.15, 0.2) is 0 Å². The number of ketones is 1. The molecule has 5 heteroatoms. The molecule has 0 aromatic carbocycles. The van der Waals surface area contributed by atoms with Gasteiger partial charge in [-0.3, -0.25) is 14.4 Å². The third-order valence-electron chi connectivity index (χ3n) is 14.4. The number of hydrogen-bond donors (Lipinski definition) is 0. The van der Waals surface area contributed by atoms with Crippen molar-refractivity contribution in [1.82, 2.24) is 0 Å². The van der Waals surface area contributed by atoms with Crippen molar-refractivity contribution >= 4 is 17.7 Å². The van der Waals surface area contributed by atoms with E-state index in [4.69, 9.17) is 9.47 Å². The van der Waals surface area contributed by atoms with Gasteiger partial charge in [-0.25, -0.2) is 0 Å². The van der Waals surface area contributed by atoms with Gasteiger partial charge in [0, 0.05) is 31.6 Å². The van der Waals surface area contributed by atoms with Crippen LogP contribution >= 0.6 is 0 Å². The van der Waals surface area contributed by atoms with Gasteiger partial charge in [-0.2, -0.15) is 0 Å². The fraction of sp³-hybridized carbons (Fsp3) is 0.912. The fourth-order valence-electron chi connectivity index (χ4n) is 11.9. The molecule has 39 heavy (non-hydrogen) atoms. The van der Waals surface area contributed by atoms with E-state index in [-0.39, 0.29) is 56.5 Å². The van der Waals surface area contributed by atoms with E-state index in [1.807, 2.05) is 0 Å².